The minimum atomic E-state index is -4.73. The number of esters is 1. The van der Waals surface area contributed by atoms with Crippen LogP contribution in [0.1, 0.15) is 86.8 Å². The molecule has 2 N–H and O–H groups in total. The summed E-state index contributed by atoms with van der Waals surface area (Å²) in [5, 5.41) is 11.9. The third-order valence-electron chi connectivity index (χ3n) is 7.84. The van der Waals surface area contributed by atoms with E-state index in [-0.39, 0.29) is 23.5 Å². The van der Waals surface area contributed by atoms with Crippen molar-refractivity contribution < 1.29 is 46.9 Å². The number of nitrogens with zero attached hydrogens (tertiary/aromatic N) is 1. The maximum absolute atomic E-state index is 13.5. The molecule has 12 heteroatoms. The van der Waals surface area contributed by atoms with E-state index in [1.165, 1.54) is 61.7 Å². The summed E-state index contributed by atoms with van der Waals surface area (Å²) >= 11 is 0. The van der Waals surface area contributed by atoms with Crippen molar-refractivity contribution in [1.29, 1.82) is 0 Å². The van der Waals surface area contributed by atoms with E-state index in [1.54, 1.807) is 43.3 Å². The average molecular weight is 705 g/mol. The van der Waals surface area contributed by atoms with E-state index in [4.69, 9.17) is 9.47 Å². The highest BCUT2D eigenvalue weighted by atomic mass is 19.4. The quantitative estimate of drug-likeness (QED) is 0.0681. The fourth-order valence-corrected chi connectivity index (χ4v) is 5.17. The fraction of sp³-hybridized carbons (Fsp3) is 0.282. The van der Waals surface area contributed by atoms with Gasteiger partial charge in [0.2, 0.25) is 0 Å². The minimum absolute atomic E-state index is 0.0918. The molecule has 4 aromatic rings. The Bertz CT molecular complexity index is 1810. The molecule has 4 aromatic carbocycles. The van der Waals surface area contributed by atoms with Crippen molar-refractivity contribution in [2.75, 3.05) is 18.5 Å². The Balaban J connectivity index is 1.34. The molecule has 268 valence electrons. The van der Waals surface area contributed by atoms with Gasteiger partial charge in [0.15, 0.2) is 0 Å². The molecule has 0 unspecified atom stereocenters. The molecule has 0 aliphatic carbocycles. The first kappa shape index (κ1) is 38.2. The maximum atomic E-state index is 13.5. The van der Waals surface area contributed by atoms with E-state index in [0.29, 0.717) is 29.0 Å². The highest BCUT2D eigenvalue weighted by Gasteiger charge is 2.35. The van der Waals surface area contributed by atoms with E-state index in [1.807, 2.05) is 0 Å². The lowest BCUT2D eigenvalue weighted by molar-refractivity contribution is -0.138. The van der Waals surface area contributed by atoms with Crippen LogP contribution in [0.25, 0.3) is 0 Å². The second kappa shape index (κ2) is 17.8. The van der Waals surface area contributed by atoms with Crippen LogP contribution in [0.2, 0.25) is 0 Å². The number of ether oxygens (including phenoxy) is 2. The predicted octanol–water partition coefficient (Wildman–Crippen LogP) is 8.56. The zero-order valence-electron chi connectivity index (χ0n) is 28.3. The number of unbranched alkanes of at least 4 members (excludes halogenated alkanes) is 4. The number of rotatable bonds is 16. The zero-order valence-corrected chi connectivity index (χ0v) is 28.3. The summed E-state index contributed by atoms with van der Waals surface area (Å²) in [5.41, 5.74) is -0.0274. The maximum Gasteiger partial charge on any atom is 0.417 e. The van der Waals surface area contributed by atoms with Gasteiger partial charge in [0.1, 0.15) is 18.0 Å². The van der Waals surface area contributed by atoms with Crippen LogP contribution in [-0.4, -0.2) is 46.9 Å². The number of amides is 2. The Labute approximate surface area is 294 Å². The van der Waals surface area contributed by atoms with Crippen LogP contribution in [0.5, 0.6) is 11.5 Å². The minimum Gasteiger partial charge on any atom is -0.494 e. The average Bonchev–Trinajstić information content (AvgIpc) is 3.09. The summed E-state index contributed by atoms with van der Waals surface area (Å²) in [4.78, 5) is 51.4. The molecule has 0 spiro atoms. The Morgan fingerprint density at radius 2 is 1.41 bits per heavy atom. The van der Waals surface area contributed by atoms with Crippen LogP contribution in [0.4, 0.5) is 18.9 Å². The van der Waals surface area contributed by atoms with Gasteiger partial charge in [-0.25, -0.2) is 4.79 Å². The number of hydrogen-bond donors (Lipinski definition) is 2. The topological polar surface area (TPSA) is 122 Å². The van der Waals surface area contributed by atoms with E-state index in [9.17, 15) is 37.5 Å². The van der Waals surface area contributed by atoms with Gasteiger partial charge in [-0.1, -0.05) is 56.4 Å². The standard InChI is InChI=1S/C39H39F3N2O7/c1-3-4-5-6-7-22-50-31-19-13-29(14-20-31)38(49)51-32-17-9-27(10-18-32)24-44(25-35(45)46)37(48)28-11-15-30(16-12-28)43-36(47)33-23-26(2)8-21-34(33)39(40,41)42/h8-21,23H,3-7,22,24-25H2,1-2H3,(H,43,47)(H,45,46). The molecule has 2 amide bonds. The SMILES string of the molecule is CCCCCCCOc1ccc(C(=O)Oc2ccc(CN(CC(=O)O)C(=O)c3ccc(NC(=O)c4cc(C)ccc4C(F)(F)F)cc3)cc2)cc1. The van der Waals surface area contributed by atoms with Crippen molar-refractivity contribution >= 4 is 29.4 Å². The smallest absolute Gasteiger partial charge is 0.417 e. The van der Waals surface area contributed by atoms with E-state index in [0.717, 1.165) is 29.9 Å². The second-order valence-corrected chi connectivity index (χ2v) is 12.0. The number of carboxylic acids is 1. The van der Waals surface area contributed by atoms with Crippen molar-refractivity contribution in [1.82, 2.24) is 4.90 Å². The lowest BCUT2D eigenvalue weighted by Gasteiger charge is -2.21. The molecule has 0 aliphatic rings. The normalized spacial score (nSPS) is 11.1. The third-order valence-corrected chi connectivity index (χ3v) is 7.84. The van der Waals surface area contributed by atoms with Gasteiger partial charge in [-0.3, -0.25) is 14.4 Å². The van der Waals surface area contributed by atoms with Gasteiger partial charge >= 0.3 is 18.1 Å². The summed E-state index contributed by atoms with van der Waals surface area (Å²) in [7, 11) is 0. The van der Waals surface area contributed by atoms with Crippen LogP contribution < -0.4 is 14.8 Å². The first-order valence-electron chi connectivity index (χ1n) is 16.5. The molecule has 9 nitrogen and oxygen atoms in total. The van der Waals surface area contributed by atoms with Crippen molar-refractivity contribution in [2.45, 2.75) is 58.7 Å². The summed E-state index contributed by atoms with van der Waals surface area (Å²) in [6.45, 7) is 3.62. The van der Waals surface area contributed by atoms with E-state index in [2.05, 4.69) is 12.2 Å². The molecule has 0 saturated heterocycles. The number of aliphatic carboxylic acids is 1. The second-order valence-electron chi connectivity index (χ2n) is 12.0. The summed E-state index contributed by atoms with van der Waals surface area (Å²) in [5.74, 6) is -2.52. The first-order chi connectivity index (χ1) is 24.3. The molecule has 0 fully saturated rings. The Kier molecular flexibility index (Phi) is 13.3. The van der Waals surface area contributed by atoms with Crippen LogP contribution in [-0.2, 0) is 17.5 Å². The molecule has 0 aromatic heterocycles. The number of alkyl halides is 3. The molecular formula is C39H39F3N2O7. The van der Waals surface area contributed by atoms with Crippen LogP contribution in [0, 0.1) is 6.92 Å². The number of benzene rings is 4. The number of carboxylic acid groups (broad SMARTS) is 1. The Morgan fingerprint density at radius 3 is 2.04 bits per heavy atom. The van der Waals surface area contributed by atoms with Gasteiger partial charge in [0, 0.05) is 17.8 Å². The van der Waals surface area contributed by atoms with Crippen LogP contribution >= 0.6 is 0 Å². The van der Waals surface area contributed by atoms with E-state index >= 15 is 0 Å². The molecule has 4 rings (SSSR count). The fourth-order valence-electron chi connectivity index (χ4n) is 5.17. The summed E-state index contributed by atoms with van der Waals surface area (Å²) < 4.78 is 51.6. The van der Waals surface area contributed by atoms with Gasteiger partial charge in [-0.15, -0.1) is 0 Å². The van der Waals surface area contributed by atoms with Gasteiger partial charge in [0.05, 0.1) is 23.3 Å². The van der Waals surface area contributed by atoms with Crippen LogP contribution in [0.15, 0.2) is 91.0 Å². The molecular weight excluding hydrogens is 665 g/mol. The van der Waals surface area contributed by atoms with Crippen LogP contribution in [0.3, 0.4) is 0 Å². The van der Waals surface area contributed by atoms with Crippen molar-refractivity contribution in [2.24, 2.45) is 0 Å². The van der Waals surface area contributed by atoms with E-state index < -0.39 is 47.6 Å². The molecule has 0 atom stereocenters. The Morgan fingerprint density at radius 1 is 0.784 bits per heavy atom. The number of anilines is 1. The number of carbonyl (C=O) groups is 4. The monoisotopic (exact) mass is 704 g/mol. The van der Waals surface area contributed by atoms with Gasteiger partial charge in [0.25, 0.3) is 11.8 Å². The number of nitrogens with one attached hydrogen (secondary N) is 1. The number of aryl methyl sites for hydroxylation is 1. The van der Waals surface area contributed by atoms with Gasteiger partial charge < -0.3 is 24.8 Å². The largest absolute Gasteiger partial charge is 0.494 e. The molecule has 51 heavy (non-hydrogen) atoms. The summed E-state index contributed by atoms with van der Waals surface area (Å²) in [6, 6.07) is 21.5. The number of hydrogen-bond acceptors (Lipinski definition) is 6. The molecule has 0 heterocycles. The molecule has 0 aliphatic heterocycles. The number of halogens is 3. The van der Waals surface area contributed by atoms with Crippen molar-refractivity contribution in [3.63, 3.8) is 0 Å². The molecule has 0 saturated carbocycles. The third kappa shape index (κ3) is 11.4. The number of carbonyl (C=O) groups excluding carboxylic acids is 3. The Hall–Kier alpha value is -5.65. The predicted molar refractivity (Wildman–Crippen MR) is 185 cm³/mol. The zero-order chi connectivity index (χ0) is 37.0. The lowest BCUT2D eigenvalue weighted by atomic mass is 10.0. The van der Waals surface area contributed by atoms with Gasteiger partial charge in [-0.05, 0) is 91.7 Å². The highest BCUT2D eigenvalue weighted by molar-refractivity contribution is 6.06. The van der Waals surface area contributed by atoms with Crippen molar-refractivity contribution in [3.05, 3.63) is 124 Å². The first-order valence-corrected chi connectivity index (χ1v) is 16.5. The van der Waals surface area contributed by atoms with Gasteiger partial charge in [-0.2, -0.15) is 13.2 Å². The molecule has 0 bridgehead atoms. The summed E-state index contributed by atoms with van der Waals surface area (Å²) in [6.07, 6.45) is 0.913. The molecule has 0 radical (unpaired) electrons. The highest BCUT2D eigenvalue weighted by Crippen LogP contribution is 2.33. The lowest BCUT2D eigenvalue weighted by Crippen LogP contribution is -2.35. The van der Waals surface area contributed by atoms with Crippen molar-refractivity contribution in [3.8, 4) is 11.5 Å².